The standard InChI is InChI=1S/C23H24N4O4/c28-25-20-15-23(21-13-17-3-1-7-27(17)16-24-21)31-22-5-4-18(14-19(20)22)30-12-9-26-6-2-10-29-11-8-26/h1,3-5,7,13-16,28H,2,6,8-12H2/b25-20+. The van der Waals surface area contributed by atoms with Crippen molar-refractivity contribution < 1.29 is 19.1 Å². The van der Waals surface area contributed by atoms with Crippen LogP contribution in [0, 0.1) is 0 Å². The van der Waals surface area contributed by atoms with Crippen molar-refractivity contribution in [1.82, 2.24) is 14.3 Å². The molecule has 1 aromatic carbocycles. The van der Waals surface area contributed by atoms with E-state index in [-0.39, 0.29) is 0 Å². The van der Waals surface area contributed by atoms with E-state index in [4.69, 9.17) is 13.9 Å². The van der Waals surface area contributed by atoms with Crippen LogP contribution in [0.5, 0.6) is 5.75 Å². The van der Waals surface area contributed by atoms with E-state index in [2.05, 4.69) is 15.0 Å². The number of fused-ring (bicyclic) bond motifs is 2. The van der Waals surface area contributed by atoms with Gasteiger partial charge in [-0.15, -0.1) is 0 Å². The number of nitrogens with zero attached hydrogens (tertiary/aromatic N) is 4. The summed E-state index contributed by atoms with van der Waals surface area (Å²) in [6, 6.07) is 13.1. The van der Waals surface area contributed by atoms with E-state index in [0.29, 0.717) is 40.1 Å². The summed E-state index contributed by atoms with van der Waals surface area (Å²) in [6.07, 6.45) is 4.71. The molecule has 4 aromatic rings. The molecule has 3 aromatic heterocycles. The highest BCUT2D eigenvalue weighted by Gasteiger charge is 2.11. The van der Waals surface area contributed by atoms with Crippen molar-refractivity contribution in [2.45, 2.75) is 6.42 Å². The fourth-order valence-corrected chi connectivity index (χ4v) is 3.83. The molecule has 5 rings (SSSR count). The van der Waals surface area contributed by atoms with Gasteiger partial charge in [0, 0.05) is 44.0 Å². The van der Waals surface area contributed by atoms with Crippen molar-refractivity contribution in [2.75, 3.05) is 39.5 Å². The van der Waals surface area contributed by atoms with Gasteiger partial charge in [0.15, 0.2) is 5.76 Å². The van der Waals surface area contributed by atoms with Crippen LogP contribution in [-0.4, -0.2) is 58.9 Å². The van der Waals surface area contributed by atoms with Crippen LogP contribution in [0.4, 0.5) is 0 Å². The summed E-state index contributed by atoms with van der Waals surface area (Å²) in [6.45, 7) is 4.98. The van der Waals surface area contributed by atoms with Crippen molar-refractivity contribution in [3.63, 3.8) is 0 Å². The smallest absolute Gasteiger partial charge is 0.155 e. The van der Waals surface area contributed by atoms with E-state index in [9.17, 15) is 5.21 Å². The number of ether oxygens (including phenoxy) is 2. The van der Waals surface area contributed by atoms with Gasteiger partial charge in [-0.25, -0.2) is 4.98 Å². The predicted molar refractivity (Wildman–Crippen MR) is 115 cm³/mol. The first-order valence-electron chi connectivity index (χ1n) is 10.4. The average Bonchev–Trinajstić information content (AvgIpc) is 3.12. The van der Waals surface area contributed by atoms with Crippen molar-refractivity contribution in [3.05, 3.63) is 60.3 Å². The first-order chi connectivity index (χ1) is 15.3. The topological polar surface area (TPSA) is 84.7 Å². The third kappa shape index (κ3) is 4.26. The maximum atomic E-state index is 9.61. The molecule has 0 radical (unpaired) electrons. The molecule has 1 aliphatic heterocycles. The van der Waals surface area contributed by atoms with Crippen LogP contribution in [0.3, 0.4) is 0 Å². The molecule has 1 saturated heterocycles. The number of aromatic nitrogens is 2. The maximum absolute atomic E-state index is 9.61. The molecule has 0 saturated carbocycles. The van der Waals surface area contributed by atoms with Crippen molar-refractivity contribution in [1.29, 1.82) is 0 Å². The Labute approximate surface area is 178 Å². The lowest BCUT2D eigenvalue weighted by Crippen LogP contribution is -2.30. The number of benzene rings is 1. The second-order valence-corrected chi connectivity index (χ2v) is 7.52. The molecule has 1 N–H and O–H groups in total. The molecule has 0 atom stereocenters. The molecule has 0 bridgehead atoms. The molecule has 1 fully saturated rings. The molecular weight excluding hydrogens is 396 g/mol. The van der Waals surface area contributed by atoms with E-state index >= 15 is 0 Å². The molecule has 160 valence electrons. The number of rotatable bonds is 5. The first kappa shape index (κ1) is 19.6. The molecule has 1 aliphatic rings. The molecule has 0 unspecified atom stereocenters. The van der Waals surface area contributed by atoms with Crippen molar-refractivity contribution >= 4 is 16.5 Å². The Morgan fingerprint density at radius 3 is 3.03 bits per heavy atom. The van der Waals surface area contributed by atoms with Crippen LogP contribution < -0.4 is 10.1 Å². The van der Waals surface area contributed by atoms with Gasteiger partial charge in [0.25, 0.3) is 0 Å². The minimum absolute atomic E-state index is 0.406. The van der Waals surface area contributed by atoms with Crippen molar-refractivity contribution in [3.8, 4) is 17.2 Å². The quantitative estimate of drug-likeness (QED) is 0.394. The fourth-order valence-electron chi connectivity index (χ4n) is 3.83. The van der Waals surface area contributed by atoms with Gasteiger partial charge >= 0.3 is 0 Å². The molecule has 0 amide bonds. The van der Waals surface area contributed by atoms with E-state index in [1.165, 1.54) is 0 Å². The zero-order chi connectivity index (χ0) is 21.0. The van der Waals surface area contributed by atoms with Crippen LogP contribution in [0.25, 0.3) is 27.9 Å². The molecule has 8 heteroatoms. The molecule has 8 nitrogen and oxygen atoms in total. The monoisotopic (exact) mass is 420 g/mol. The van der Waals surface area contributed by atoms with Crippen LogP contribution >= 0.6 is 0 Å². The fraction of sp³-hybridized carbons (Fsp3) is 0.304. The normalized spacial score (nSPS) is 16.1. The molecule has 4 heterocycles. The second-order valence-electron chi connectivity index (χ2n) is 7.52. The summed E-state index contributed by atoms with van der Waals surface area (Å²) in [4.78, 5) is 6.79. The maximum Gasteiger partial charge on any atom is 0.155 e. The lowest BCUT2D eigenvalue weighted by Gasteiger charge is -2.19. The Balaban J connectivity index is 1.38. The zero-order valence-electron chi connectivity index (χ0n) is 17.1. The summed E-state index contributed by atoms with van der Waals surface area (Å²) in [5.74, 6) is 1.24. The van der Waals surface area contributed by atoms with Gasteiger partial charge in [0.1, 0.15) is 29.0 Å². The third-order valence-corrected chi connectivity index (χ3v) is 5.48. The predicted octanol–water partition coefficient (Wildman–Crippen LogP) is 3.14. The van der Waals surface area contributed by atoms with E-state index in [1.807, 2.05) is 47.0 Å². The SMILES string of the molecule is O/N=c1\cc(-c2cc3cccn3cn2)oc2ccc(OCCN3CCCOCC3)cc12. The Morgan fingerprint density at radius 2 is 2.10 bits per heavy atom. The molecule has 0 aliphatic carbocycles. The summed E-state index contributed by atoms with van der Waals surface area (Å²) >= 11 is 0. The second kappa shape index (κ2) is 8.79. The van der Waals surface area contributed by atoms with Gasteiger partial charge in [-0.1, -0.05) is 5.16 Å². The minimum Gasteiger partial charge on any atom is -0.492 e. The van der Waals surface area contributed by atoms with Crippen LogP contribution in [0.1, 0.15) is 6.42 Å². The largest absolute Gasteiger partial charge is 0.492 e. The summed E-state index contributed by atoms with van der Waals surface area (Å²) in [7, 11) is 0. The molecule has 31 heavy (non-hydrogen) atoms. The van der Waals surface area contributed by atoms with Crippen LogP contribution in [0.2, 0.25) is 0 Å². The lowest BCUT2D eigenvalue weighted by molar-refractivity contribution is 0.137. The summed E-state index contributed by atoms with van der Waals surface area (Å²) < 4.78 is 19.4. The minimum atomic E-state index is 0.406. The average molecular weight is 420 g/mol. The van der Waals surface area contributed by atoms with Crippen LogP contribution in [-0.2, 0) is 4.74 Å². The Bertz CT molecular complexity index is 1260. The highest BCUT2D eigenvalue weighted by molar-refractivity contribution is 5.80. The Hall–Kier alpha value is -3.36. The van der Waals surface area contributed by atoms with Gasteiger partial charge in [-0.05, 0) is 42.8 Å². The van der Waals surface area contributed by atoms with E-state index in [0.717, 1.165) is 44.8 Å². The highest BCUT2D eigenvalue weighted by atomic mass is 16.5. The van der Waals surface area contributed by atoms with E-state index in [1.54, 1.807) is 12.4 Å². The van der Waals surface area contributed by atoms with Gasteiger partial charge in [0.2, 0.25) is 0 Å². The highest BCUT2D eigenvalue weighted by Crippen LogP contribution is 2.24. The molecule has 0 spiro atoms. The van der Waals surface area contributed by atoms with Gasteiger partial charge in [-0.2, -0.15) is 0 Å². The Kier molecular flexibility index (Phi) is 5.56. The third-order valence-electron chi connectivity index (χ3n) is 5.48. The van der Waals surface area contributed by atoms with Gasteiger partial charge in [0.05, 0.1) is 18.3 Å². The summed E-state index contributed by atoms with van der Waals surface area (Å²) in [5, 5.41) is 14.2. The Morgan fingerprint density at radius 1 is 1.13 bits per heavy atom. The first-order valence-corrected chi connectivity index (χ1v) is 10.4. The van der Waals surface area contributed by atoms with Gasteiger partial charge < -0.3 is 23.5 Å². The number of hydrogen-bond donors (Lipinski definition) is 1. The van der Waals surface area contributed by atoms with E-state index < -0.39 is 0 Å². The number of hydrogen-bond acceptors (Lipinski definition) is 7. The van der Waals surface area contributed by atoms with Crippen LogP contribution in [0.15, 0.2) is 64.6 Å². The molecular formula is C23H24N4O4. The van der Waals surface area contributed by atoms with Gasteiger partial charge in [-0.3, -0.25) is 4.90 Å². The zero-order valence-corrected chi connectivity index (χ0v) is 17.1. The lowest BCUT2D eigenvalue weighted by atomic mass is 10.2. The van der Waals surface area contributed by atoms with Crippen molar-refractivity contribution in [2.24, 2.45) is 5.16 Å². The summed E-state index contributed by atoms with van der Waals surface area (Å²) in [5.41, 5.74) is 2.27.